The molecule has 0 aliphatic heterocycles. The Morgan fingerprint density at radius 2 is 1.31 bits per heavy atom. The van der Waals surface area contributed by atoms with Gasteiger partial charge in [0.2, 0.25) is 5.95 Å². The number of aromatic nitrogens is 3. The highest BCUT2D eigenvalue weighted by atomic mass is 15.0. The molecule has 2 heterocycles. The quantitative estimate of drug-likeness (QED) is 0.483. The number of nitrogens with zero attached hydrogens (tertiary/aromatic N) is 3. The highest BCUT2D eigenvalue weighted by molar-refractivity contribution is 5.38. The first-order chi connectivity index (χ1) is 7.58. The molecule has 0 radical (unpaired) electrons. The van der Waals surface area contributed by atoms with E-state index in [1.807, 2.05) is 0 Å². The molecular weight excluding hydrogens is 206 g/mol. The Hall–Kier alpha value is -2.57. The van der Waals surface area contributed by atoms with Crippen LogP contribution in [0.1, 0.15) is 0 Å². The molecule has 0 spiro atoms. The highest BCUT2D eigenvalue weighted by Gasteiger charge is 1.84. The number of pyridine rings is 1. The smallest absolute Gasteiger partial charge is 0.221 e. The summed E-state index contributed by atoms with van der Waals surface area (Å²) in [6.45, 7) is 0. The third kappa shape index (κ3) is 4.09. The Kier molecular flexibility index (Phi) is 3.84. The first-order valence-corrected chi connectivity index (χ1v) is 4.40. The number of rotatable bonds is 0. The van der Waals surface area contributed by atoms with Crippen molar-refractivity contribution in [1.82, 2.24) is 15.0 Å². The molecule has 84 valence electrons. The summed E-state index contributed by atoms with van der Waals surface area (Å²) in [4.78, 5) is 11.0. The lowest BCUT2D eigenvalue weighted by molar-refractivity contribution is 1.19. The summed E-state index contributed by atoms with van der Waals surface area (Å²) < 4.78 is 0. The normalized spacial score (nSPS) is 9.00. The molecule has 0 aliphatic rings. The number of anilines is 4. The summed E-state index contributed by atoms with van der Waals surface area (Å²) in [5, 5.41) is 0. The van der Waals surface area contributed by atoms with Crippen LogP contribution in [0.5, 0.6) is 0 Å². The number of nitrogens with two attached hydrogens (primary N) is 4. The van der Waals surface area contributed by atoms with E-state index in [-0.39, 0.29) is 5.95 Å². The number of hydrogen-bond acceptors (Lipinski definition) is 7. The molecule has 2 aromatic heterocycles. The standard InChI is InChI=1S/C5H7N3.C4H6N4/c6-4-2-1-3-5(7)8-4;5-3-1-2-7-4(6)8-3/h1-3H,(H4,6,7,8);1-2H,(H4,5,6,7,8). The SMILES string of the molecule is Nc1cccc(N)n1.Nc1ccnc(N)n1. The fraction of sp³-hybridized carbons (Fsp3) is 0. The van der Waals surface area contributed by atoms with Gasteiger partial charge >= 0.3 is 0 Å². The lowest BCUT2D eigenvalue weighted by Crippen LogP contribution is -1.96. The van der Waals surface area contributed by atoms with Crippen LogP contribution < -0.4 is 22.9 Å². The molecule has 16 heavy (non-hydrogen) atoms. The lowest BCUT2D eigenvalue weighted by Gasteiger charge is -1.90. The van der Waals surface area contributed by atoms with Crippen LogP contribution in [0.15, 0.2) is 30.5 Å². The molecule has 2 aromatic rings. The number of hydrogen-bond donors (Lipinski definition) is 4. The predicted octanol–water partition coefficient (Wildman–Crippen LogP) is -0.113. The van der Waals surface area contributed by atoms with Crippen LogP contribution >= 0.6 is 0 Å². The average molecular weight is 219 g/mol. The molecular formula is C9H13N7. The van der Waals surface area contributed by atoms with Crippen molar-refractivity contribution in [2.24, 2.45) is 0 Å². The highest BCUT2D eigenvalue weighted by Crippen LogP contribution is 1.99. The van der Waals surface area contributed by atoms with Crippen molar-refractivity contribution >= 4 is 23.4 Å². The topological polar surface area (TPSA) is 143 Å². The van der Waals surface area contributed by atoms with Crippen molar-refractivity contribution in [3.05, 3.63) is 30.5 Å². The Morgan fingerprint density at radius 3 is 1.62 bits per heavy atom. The van der Waals surface area contributed by atoms with Gasteiger partial charge in [-0.2, -0.15) is 4.98 Å². The van der Waals surface area contributed by atoms with Crippen molar-refractivity contribution < 1.29 is 0 Å². The van der Waals surface area contributed by atoms with Gasteiger partial charge in [-0.1, -0.05) is 6.07 Å². The average Bonchev–Trinajstić information content (AvgIpc) is 2.17. The van der Waals surface area contributed by atoms with Gasteiger partial charge in [0.1, 0.15) is 17.5 Å². The van der Waals surface area contributed by atoms with Crippen molar-refractivity contribution in [2.75, 3.05) is 22.9 Å². The van der Waals surface area contributed by atoms with E-state index in [9.17, 15) is 0 Å². The molecule has 0 fully saturated rings. The maximum atomic E-state index is 5.27. The van der Waals surface area contributed by atoms with Crippen LogP contribution in [-0.4, -0.2) is 15.0 Å². The van der Waals surface area contributed by atoms with E-state index in [1.165, 1.54) is 6.20 Å². The molecule has 0 unspecified atom stereocenters. The largest absolute Gasteiger partial charge is 0.384 e. The maximum absolute atomic E-state index is 5.27. The maximum Gasteiger partial charge on any atom is 0.221 e. The fourth-order valence-electron chi connectivity index (χ4n) is 0.857. The van der Waals surface area contributed by atoms with Crippen LogP contribution in [0.4, 0.5) is 23.4 Å². The van der Waals surface area contributed by atoms with E-state index in [0.717, 1.165) is 0 Å². The molecule has 2 rings (SSSR count). The Labute approximate surface area is 92.5 Å². The zero-order valence-corrected chi connectivity index (χ0v) is 8.54. The summed E-state index contributed by atoms with van der Waals surface area (Å²) in [7, 11) is 0. The molecule has 0 aliphatic carbocycles. The van der Waals surface area contributed by atoms with Crippen molar-refractivity contribution in [1.29, 1.82) is 0 Å². The summed E-state index contributed by atoms with van der Waals surface area (Å²) in [6, 6.07) is 6.72. The van der Waals surface area contributed by atoms with Gasteiger partial charge < -0.3 is 22.9 Å². The minimum absolute atomic E-state index is 0.213. The second-order valence-corrected chi connectivity index (χ2v) is 2.83. The molecule has 0 atom stereocenters. The second-order valence-electron chi connectivity index (χ2n) is 2.83. The summed E-state index contributed by atoms with van der Waals surface area (Å²) >= 11 is 0. The van der Waals surface area contributed by atoms with E-state index in [1.54, 1.807) is 24.3 Å². The minimum Gasteiger partial charge on any atom is -0.384 e. The van der Waals surface area contributed by atoms with Gasteiger partial charge in [0, 0.05) is 6.20 Å². The third-order valence-electron chi connectivity index (χ3n) is 1.49. The number of nitrogen functional groups attached to an aromatic ring is 4. The van der Waals surface area contributed by atoms with Gasteiger partial charge in [-0.25, -0.2) is 9.97 Å². The van der Waals surface area contributed by atoms with Crippen LogP contribution in [0.25, 0.3) is 0 Å². The molecule has 0 saturated carbocycles. The Morgan fingerprint density at radius 1 is 0.750 bits per heavy atom. The van der Waals surface area contributed by atoms with Gasteiger partial charge in [0.15, 0.2) is 0 Å². The van der Waals surface area contributed by atoms with Gasteiger partial charge in [0.25, 0.3) is 0 Å². The molecule has 0 amide bonds. The molecule has 8 N–H and O–H groups in total. The van der Waals surface area contributed by atoms with Crippen LogP contribution in [0.3, 0.4) is 0 Å². The molecule has 7 heteroatoms. The molecule has 7 nitrogen and oxygen atoms in total. The first kappa shape index (κ1) is 11.5. The Bertz CT molecular complexity index is 379. The Balaban J connectivity index is 0.000000160. The minimum atomic E-state index is 0.213. The van der Waals surface area contributed by atoms with E-state index >= 15 is 0 Å². The lowest BCUT2D eigenvalue weighted by atomic mass is 10.4. The van der Waals surface area contributed by atoms with Crippen molar-refractivity contribution in [3.8, 4) is 0 Å². The van der Waals surface area contributed by atoms with E-state index < -0.39 is 0 Å². The zero-order chi connectivity index (χ0) is 12.0. The van der Waals surface area contributed by atoms with E-state index in [0.29, 0.717) is 17.5 Å². The van der Waals surface area contributed by atoms with Gasteiger partial charge in [0.05, 0.1) is 0 Å². The summed E-state index contributed by atoms with van der Waals surface area (Å²) in [5.74, 6) is 1.54. The third-order valence-corrected chi connectivity index (χ3v) is 1.49. The summed E-state index contributed by atoms with van der Waals surface area (Å²) in [6.07, 6.45) is 1.51. The summed E-state index contributed by atoms with van der Waals surface area (Å²) in [5.41, 5.74) is 20.9. The van der Waals surface area contributed by atoms with Crippen LogP contribution in [0, 0.1) is 0 Å². The van der Waals surface area contributed by atoms with E-state index in [2.05, 4.69) is 15.0 Å². The van der Waals surface area contributed by atoms with Crippen LogP contribution in [0.2, 0.25) is 0 Å². The fourth-order valence-corrected chi connectivity index (χ4v) is 0.857. The van der Waals surface area contributed by atoms with Crippen molar-refractivity contribution in [3.63, 3.8) is 0 Å². The van der Waals surface area contributed by atoms with E-state index in [4.69, 9.17) is 22.9 Å². The zero-order valence-electron chi connectivity index (χ0n) is 8.54. The predicted molar refractivity (Wildman–Crippen MR) is 63.9 cm³/mol. The first-order valence-electron chi connectivity index (χ1n) is 4.40. The molecule has 0 saturated heterocycles. The van der Waals surface area contributed by atoms with Crippen molar-refractivity contribution in [2.45, 2.75) is 0 Å². The van der Waals surface area contributed by atoms with Gasteiger partial charge in [-0.15, -0.1) is 0 Å². The molecule has 0 aromatic carbocycles. The van der Waals surface area contributed by atoms with Gasteiger partial charge in [-0.3, -0.25) is 0 Å². The second kappa shape index (κ2) is 5.35. The van der Waals surface area contributed by atoms with Crippen LogP contribution in [-0.2, 0) is 0 Å². The van der Waals surface area contributed by atoms with Gasteiger partial charge in [-0.05, 0) is 18.2 Å². The molecule has 0 bridgehead atoms. The monoisotopic (exact) mass is 219 g/mol.